The average molecular weight is 220 g/mol. The lowest BCUT2D eigenvalue weighted by Crippen LogP contribution is -1.95. The monoisotopic (exact) mass is 220 g/mol. The van der Waals surface area contributed by atoms with Crippen LogP contribution in [0.1, 0.15) is 5.56 Å². The maximum absolute atomic E-state index is 5.69. The Morgan fingerprint density at radius 3 is 2.73 bits per heavy atom. The lowest BCUT2D eigenvalue weighted by Gasteiger charge is -2.05. The second-order valence-corrected chi connectivity index (χ2v) is 3.87. The molecule has 78 valence electrons. The fourth-order valence-electron chi connectivity index (χ4n) is 1.53. The molecule has 0 radical (unpaired) electrons. The van der Waals surface area contributed by atoms with E-state index in [9.17, 15) is 0 Å². The quantitative estimate of drug-likeness (QED) is 0.571. The van der Waals surface area contributed by atoms with Crippen molar-refractivity contribution in [2.45, 2.75) is 6.92 Å². The molecule has 0 unspecified atom stereocenters. The zero-order valence-corrected chi connectivity index (χ0v) is 9.43. The smallest absolute Gasteiger partial charge is 0.195 e. The van der Waals surface area contributed by atoms with Gasteiger partial charge in [0, 0.05) is 18.3 Å². The highest BCUT2D eigenvalue weighted by atomic mass is 32.1. The number of H-pyrrole nitrogens is 1. The Hall–Kier alpha value is -1.62. The molecule has 0 fully saturated rings. The van der Waals surface area contributed by atoms with Gasteiger partial charge in [-0.05, 0) is 42.9 Å². The Kier molecular flexibility index (Phi) is 2.32. The van der Waals surface area contributed by atoms with Crippen molar-refractivity contribution in [1.29, 1.82) is 0 Å². The standard InChI is InChI=1S/C10H12N4S/c1-6-5-7(11)3-4-8(6)9-12-13-10(15)14(9)2/h3-5H,11H2,1-2H3,(H,13,15). The molecule has 3 N–H and O–H groups in total. The maximum atomic E-state index is 5.69. The summed E-state index contributed by atoms with van der Waals surface area (Å²) in [5.74, 6) is 0.831. The molecule has 2 aromatic rings. The van der Waals surface area contributed by atoms with Crippen molar-refractivity contribution < 1.29 is 0 Å². The summed E-state index contributed by atoms with van der Waals surface area (Å²) in [6.45, 7) is 2.00. The van der Waals surface area contributed by atoms with Crippen LogP contribution in [0.5, 0.6) is 0 Å². The zero-order chi connectivity index (χ0) is 11.0. The van der Waals surface area contributed by atoms with Gasteiger partial charge in [0.05, 0.1) is 0 Å². The Labute approximate surface area is 92.7 Å². The van der Waals surface area contributed by atoms with E-state index in [2.05, 4.69) is 10.2 Å². The fraction of sp³-hybridized carbons (Fsp3) is 0.200. The third kappa shape index (κ3) is 1.66. The summed E-state index contributed by atoms with van der Waals surface area (Å²) < 4.78 is 2.45. The summed E-state index contributed by atoms with van der Waals surface area (Å²) in [5.41, 5.74) is 8.58. The molecule has 0 aliphatic carbocycles. The molecule has 1 heterocycles. The molecule has 0 atom stereocenters. The second-order valence-electron chi connectivity index (χ2n) is 3.49. The van der Waals surface area contributed by atoms with Crippen LogP contribution < -0.4 is 5.73 Å². The predicted molar refractivity (Wildman–Crippen MR) is 63.0 cm³/mol. The minimum absolute atomic E-state index is 0.612. The molecule has 0 aliphatic rings. The molecule has 5 heteroatoms. The van der Waals surface area contributed by atoms with Crippen LogP contribution in [-0.2, 0) is 7.05 Å². The third-order valence-electron chi connectivity index (χ3n) is 2.37. The van der Waals surface area contributed by atoms with Gasteiger partial charge in [-0.3, -0.25) is 5.10 Å². The van der Waals surface area contributed by atoms with Crippen molar-refractivity contribution in [2.24, 2.45) is 7.05 Å². The number of hydrogen-bond donors (Lipinski definition) is 2. The van der Waals surface area contributed by atoms with E-state index in [0.29, 0.717) is 4.77 Å². The molecule has 0 aliphatic heterocycles. The number of hydrogen-bond acceptors (Lipinski definition) is 3. The third-order valence-corrected chi connectivity index (χ3v) is 2.74. The van der Waals surface area contributed by atoms with Crippen LogP contribution in [-0.4, -0.2) is 14.8 Å². The number of aryl methyl sites for hydroxylation is 1. The summed E-state index contributed by atoms with van der Waals surface area (Å²) in [7, 11) is 1.89. The summed E-state index contributed by atoms with van der Waals surface area (Å²) in [4.78, 5) is 0. The first kappa shape index (κ1) is 9.92. The first-order valence-corrected chi connectivity index (χ1v) is 4.98. The van der Waals surface area contributed by atoms with Gasteiger partial charge in [-0.1, -0.05) is 0 Å². The van der Waals surface area contributed by atoms with Gasteiger partial charge in [0.1, 0.15) is 0 Å². The number of aromatic amines is 1. The van der Waals surface area contributed by atoms with Crippen molar-refractivity contribution in [3.05, 3.63) is 28.5 Å². The SMILES string of the molecule is Cc1cc(N)ccc1-c1n[nH]c(=S)n1C. The van der Waals surface area contributed by atoms with Crippen LogP contribution in [0, 0.1) is 11.7 Å². The number of anilines is 1. The van der Waals surface area contributed by atoms with E-state index in [4.69, 9.17) is 18.0 Å². The minimum Gasteiger partial charge on any atom is -0.399 e. The lowest BCUT2D eigenvalue weighted by molar-refractivity contribution is 0.901. The predicted octanol–water partition coefficient (Wildman–Crippen LogP) is 2.04. The normalized spacial score (nSPS) is 10.5. The first-order chi connectivity index (χ1) is 7.09. The van der Waals surface area contributed by atoms with Gasteiger partial charge < -0.3 is 10.3 Å². The zero-order valence-electron chi connectivity index (χ0n) is 8.61. The highest BCUT2D eigenvalue weighted by Crippen LogP contribution is 2.22. The molecular weight excluding hydrogens is 208 g/mol. The summed E-state index contributed by atoms with van der Waals surface area (Å²) in [5, 5.41) is 6.94. The van der Waals surface area contributed by atoms with Crippen molar-refractivity contribution in [3.8, 4) is 11.4 Å². The van der Waals surface area contributed by atoms with Crippen LogP contribution >= 0.6 is 12.2 Å². The summed E-state index contributed by atoms with van der Waals surface area (Å²) in [6.07, 6.45) is 0. The number of nitrogens with two attached hydrogens (primary N) is 1. The van der Waals surface area contributed by atoms with Crippen molar-refractivity contribution in [3.63, 3.8) is 0 Å². The Morgan fingerprint density at radius 2 is 2.20 bits per heavy atom. The number of nitrogens with one attached hydrogen (secondary N) is 1. The van der Waals surface area contributed by atoms with Gasteiger partial charge in [-0.25, -0.2) is 0 Å². The molecule has 0 amide bonds. The fourth-order valence-corrected chi connectivity index (χ4v) is 1.66. The van der Waals surface area contributed by atoms with E-state index in [1.165, 1.54) is 0 Å². The Balaban J connectivity index is 2.64. The molecule has 1 aromatic heterocycles. The molecule has 15 heavy (non-hydrogen) atoms. The van der Waals surface area contributed by atoms with Gasteiger partial charge in [0.15, 0.2) is 10.6 Å². The van der Waals surface area contributed by atoms with Crippen molar-refractivity contribution in [1.82, 2.24) is 14.8 Å². The van der Waals surface area contributed by atoms with Gasteiger partial charge >= 0.3 is 0 Å². The first-order valence-electron chi connectivity index (χ1n) is 4.57. The Morgan fingerprint density at radius 1 is 1.47 bits per heavy atom. The van der Waals surface area contributed by atoms with E-state index in [1.54, 1.807) is 0 Å². The molecule has 0 saturated carbocycles. The van der Waals surface area contributed by atoms with E-state index in [1.807, 2.05) is 36.7 Å². The highest BCUT2D eigenvalue weighted by Gasteiger charge is 2.08. The van der Waals surface area contributed by atoms with Crippen molar-refractivity contribution in [2.75, 3.05) is 5.73 Å². The van der Waals surface area contributed by atoms with E-state index in [0.717, 1.165) is 22.6 Å². The Bertz CT molecular complexity index is 553. The van der Waals surface area contributed by atoms with Crippen LogP contribution in [0.3, 0.4) is 0 Å². The molecular formula is C10H12N4S. The topological polar surface area (TPSA) is 59.6 Å². The van der Waals surface area contributed by atoms with Crippen molar-refractivity contribution >= 4 is 17.9 Å². The van der Waals surface area contributed by atoms with E-state index < -0.39 is 0 Å². The van der Waals surface area contributed by atoms with Gasteiger partial charge in [-0.2, -0.15) is 5.10 Å². The number of rotatable bonds is 1. The number of nitrogen functional groups attached to an aromatic ring is 1. The summed E-state index contributed by atoms with van der Waals surface area (Å²) in [6, 6.07) is 5.74. The molecule has 0 spiro atoms. The van der Waals surface area contributed by atoms with Crippen LogP contribution in [0.25, 0.3) is 11.4 Å². The summed E-state index contributed by atoms with van der Waals surface area (Å²) >= 11 is 5.06. The maximum Gasteiger partial charge on any atom is 0.195 e. The van der Waals surface area contributed by atoms with Crippen LogP contribution in [0.15, 0.2) is 18.2 Å². The minimum atomic E-state index is 0.612. The van der Waals surface area contributed by atoms with E-state index in [-0.39, 0.29) is 0 Å². The van der Waals surface area contributed by atoms with Gasteiger partial charge in [-0.15, -0.1) is 0 Å². The number of benzene rings is 1. The average Bonchev–Trinajstić information content (AvgIpc) is 2.49. The van der Waals surface area contributed by atoms with Crippen LogP contribution in [0.4, 0.5) is 5.69 Å². The van der Waals surface area contributed by atoms with Gasteiger partial charge in [0.2, 0.25) is 0 Å². The van der Waals surface area contributed by atoms with Crippen LogP contribution in [0.2, 0.25) is 0 Å². The molecule has 2 rings (SSSR count). The highest BCUT2D eigenvalue weighted by molar-refractivity contribution is 7.71. The molecule has 4 nitrogen and oxygen atoms in total. The number of aromatic nitrogens is 3. The van der Waals surface area contributed by atoms with E-state index >= 15 is 0 Å². The molecule has 1 aromatic carbocycles. The van der Waals surface area contributed by atoms with Gasteiger partial charge in [0.25, 0.3) is 0 Å². The largest absolute Gasteiger partial charge is 0.399 e. The second kappa shape index (κ2) is 3.51. The number of nitrogens with zero attached hydrogens (tertiary/aromatic N) is 2. The lowest BCUT2D eigenvalue weighted by atomic mass is 10.1. The molecule has 0 bridgehead atoms. The molecule has 0 saturated heterocycles.